The molecule has 29 heavy (non-hydrogen) atoms. The van der Waals surface area contributed by atoms with E-state index in [-0.39, 0.29) is 5.41 Å². The normalized spacial score (nSPS) is 18.0. The van der Waals surface area contributed by atoms with Crippen molar-refractivity contribution >= 4 is 0 Å². The highest BCUT2D eigenvalue weighted by Gasteiger charge is 2.46. The largest absolute Gasteiger partial charge is 0.0877 e. The average molecular weight is 379 g/mol. The molecule has 0 nitrogen and oxygen atoms in total. The van der Waals surface area contributed by atoms with Gasteiger partial charge in [0.15, 0.2) is 0 Å². The summed E-state index contributed by atoms with van der Waals surface area (Å²) in [7, 11) is 0. The number of hydrogen-bond donors (Lipinski definition) is 0. The summed E-state index contributed by atoms with van der Waals surface area (Å²) in [5.41, 5.74) is 8.08. The fourth-order valence-corrected chi connectivity index (χ4v) is 4.91. The molecule has 2 aromatic rings. The zero-order valence-corrected chi connectivity index (χ0v) is 17.6. The number of benzene rings is 2. The van der Waals surface area contributed by atoms with Gasteiger partial charge in [-0.05, 0) is 66.0 Å². The number of allylic oxidation sites excluding steroid dienone is 10. The van der Waals surface area contributed by atoms with Gasteiger partial charge in [-0.2, -0.15) is 0 Å². The molecule has 2 aromatic carbocycles. The summed E-state index contributed by atoms with van der Waals surface area (Å²) in [5.74, 6) is 0. The Morgan fingerprint density at radius 3 is 2.28 bits per heavy atom. The van der Waals surface area contributed by atoms with E-state index in [0.717, 1.165) is 19.3 Å². The van der Waals surface area contributed by atoms with Crippen LogP contribution < -0.4 is 0 Å². The topological polar surface area (TPSA) is 0 Å². The van der Waals surface area contributed by atoms with Crippen molar-refractivity contribution in [1.82, 2.24) is 0 Å². The van der Waals surface area contributed by atoms with Crippen LogP contribution in [0.15, 0.2) is 108 Å². The molecule has 0 aliphatic heterocycles. The van der Waals surface area contributed by atoms with Gasteiger partial charge in [-0.15, -0.1) is 0 Å². The van der Waals surface area contributed by atoms with Crippen LogP contribution >= 0.6 is 0 Å². The van der Waals surface area contributed by atoms with E-state index in [1.54, 1.807) is 0 Å². The van der Waals surface area contributed by atoms with Crippen LogP contribution in [0.25, 0.3) is 11.1 Å². The van der Waals surface area contributed by atoms with Crippen molar-refractivity contribution < 1.29 is 0 Å². The van der Waals surface area contributed by atoms with Crippen molar-refractivity contribution in [2.24, 2.45) is 0 Å². The lowest BCUT2D eigenvalue weighted by Gasteiger charge is -2.35. The maximum absolute atomic E-state index is 2.48. The first-order valence-corrected chi connectivity index (χ1v) is 10.9. The molecule has 0 unspecified atom stereocenters. The quantitative estimate of drug-likeness (QED) is 0.461. The predicted octanol–water partition coefficient (Wildman–Crippen LogP) is 8.09. The molecule has 0 aromatic heterocycles. The van der Waals surface area contributed by atoms with Gasteiger partial charge in [0.05, 0.1) is 5.41 Å². The molecule has 146 valence electrons. The number of hydrogen-bond acceptors (Lipinski definition) is 0. The van der Waals surface area contributed by atoms with Crippen LogP contribution in [0, 0.1) is 0 Å². The minimum Gasteiger partial charge on any atom is -0.0877 e. The van der Waals surface area contributed by atoms with E-state index >= 15 is 0 Å². The van der Waals surface area contributed by atoms with Crippen LogP contribution in [0.5, 0.6) is 0 Å². The Balaban J connectivity index is 2.10. The molecule has 0 radical (unpaired) electrons. The fraction of sp³-hybridized carbons (Fsp3) is 0.241. The monoisotopic (exact) mass is 378 g/mol. The Morgan fingerprint density at radius 1 is 0.931 bits per heavy atom. The van der Waals surface area contributed by atoms with Crippen molar-refractivity contribution in [2.45, 2.75) is 44.9 Å². The molecule has 0 heterocycles. The summed E-state index contributed by atoms with van der Waals surface area (Å²) in [6, 6.07) is 18.0. The van der Waals surface area contributed by atoms with Crippen LogP contribution in [0.4, 0.5) is 0 Å². The summed E-state index contributed by atoms with van der Waals surface area (Å²) >= 11 is 0. The third-order valence-electron chi connectivity index (χ3n) is 6.06. The van der Waals surface area contributed by atoms with Crippen LogP contribution in [0.2, 0.25) is 0 Å². The van der Waals surface area contributed by atoms with E-state index in [9.17, 15) is 0 Å². The Labute approximate surface area is 175 Å². The third-order valence-corrected chi connectivity index (χ3v) is 6.06. The molecular weight excluding hydrogens is 348 g/mol. The lowest BCUT2D eigenvalue weighted by molar-refractivity contribution is 0.753. The van der Waals surface area contributed by atoms with Gasteiger partial charge in [0.2, 0.25) is 0 Å². The number of rotatable bonds is 5. The lowest BCUT2D eigenvalue weighted by atomic mass is 9.66. The SMILES string of the molecule is CC=CC=CC(=CCC)C1(C2=CCCCC=C2)c2ccccc2-c2ccccc21. The van der Waals surface area contributed by atoms with Gasteiger partial charge in [-0.1, -0.05) is 104 Å². The maximum Gasteiger partial charge on any atom is 0.0707 e. The van der Waals surface area contributed by atoms with E-state index in [1.807, 2.05) is 0 Å². The van der Waals surface area contributed by atoms with E-state index < -0.39 is 0 Å². The van der Waals surface area contributed by atoms with Gasteiger partial charge in [0.25, 0.3) is 0 Å². The van der Waals surface area contributed by atoms with Gasteiger partial charge in [-0.25, -0.2) is 0 Å². The van der Waals surface area contributed by atoms with Crippen LogP contribution in [0.3, 0.4) is 0 Å². The molecule has 0 amide bonds. The zero-order valence-electron chi connectivity index (χ0n) is 17.6. The maximum atomic E-state index is 2.48. The molecule has 0 saturated carbocycles. The second-order valence-corrected chi connectivity index (χ2v) is 7.79. The van der Waals surface area contributed by atoms with Crippen LogP contribution in [0.1, 0.15) is 50.7 Å². The van der Waals surface area contributed by atoms with E-state index in [1.165, 1.54) is 39.8 Å². The van der Waals surface area contributed by atoms with Crippen molar-refractivity contribution in [3.8, 4) is 11.1 Å². The Hall–Kier alpha value is -2.86. The molecule has 0 spiro atoms. The van der Waals surface area contributed by atoms with E-state index in [0.29, 0.717) is 0 Å². The van der Waals surface area contributed by atoms with Crippen molar-refractivity contribution in [3.05, 3.63) is 119 Å². The summed E-state index contributed by atoms with van der Waals surface area (Å²) in [6.07, 6.45) is 22.9. The Kier molecular flexibility index (Phi) is 5.81. The summed E-state index contributed by atoms with van der Waals surface area (Å²) in [6.45, 7) is 4.31. The van der Waals surface area contributed by atoms with E-state index in [2.05, 4.69) is 111 Å². The highest BCUT2D eigenvalue weighted by molar-refractivity contribution is 5.87. The molecular formula is C29H30. The molecule has 0 N–H and O–H groups in total. The van der Waals surface area contributed by atoms with Gasteiger partial charge < -0.3 is 0 Å². The second kappa shape index (κ2) is 8.66. The predicted molar refractivity (Wildman–Crippen MR) is 126 cm³/mol. The molecule has 2 aliphatic carbocycles. The highest BCUT2D eigenvalue weighted by atomic mass is 14.5. The molecule has 0 bridgehead atoms. The van der Waals surface area contributed by atoms with Crippen molar-refractivity contribution in [3.63, 3.8) is 0 Å². The Morgan fingerprint density at radius 2 is 1.62 bits per heavy atom. The first-order chi connectivity index (χ1) is 14.3. The van der Waals surface area contributed by atoms with Gasteiger partial charge in [0.1, 0.15) is 0 Å². The average Bonchev–Trinajstić information content (AvgIpc) is 2.89. The third kappa shape index (κ3) is 3.27. The molecule has 0 heteroatoms. The Bertz CT molecular complexity index is 978. The lowest BCUT2D eigenvalue weighted by Crippen LogP contribution is -2.29. The molecule has 0 saturated heterocycles. The molecule has 0 fully saturated rings. The first-order valence-electron chi connectivity index (χ1n) is 10.9. The minimum atomic E-state index is -0.248. The van der Waals surface area contributed by atoms with Crippen LogP contribution in [-0.2, 0) is 5.41 Å². The second-order valence-electron chi connectivity index (χ2n) is 7.79. The van der Waals surface area contributed by atoms with Gasteiger partial charge in [0, 0.05) is 0 Å². The van der Waals surface area contributed by atoms with Crippen molar-refractivity contribution in [1.29, 1.82) is 0 Å². The first kappa shape index (κ1) is 19.5. The fourth-order valence-electron chi connectivity index (χ4n) is 4.91. The zero-order chi connectivity index (χ0) is 20.1. The standard InChI is InChI=1S/C29H30/c1-3-5-8-16-23(15-4-2)29(24-17-9-6-7-10-18-24)27-21-13-11-19-25(27)26-20-12-14-22-28(26)29/h3,5,8-9,11-22H,4,6-7,10H2,1-2H3. The van der Waals surface area contributed by atoms with E-state index in [4.69, 9.17) is 0 Å². The van der Waals surface area contributed by atoms with Crippen LogP contribution in [-0.4, -0.2) is 0 Å². The number of fused-ring (bicyclic) bond motifs is 3. The van der Waals surface area contributed by atoms with Crippen molar-refractivity contribution in [2.75, 3.05) is 0 Å². The highest BCUT2D eigenvalue weighted by Crippen LogP contribution is 2.57. The smallest absolute Gasteiger partial charge is 0.0707 e. The van der Waals surface area contributed by atoms with Gasteiger partial charge >= 0.3 is 0 Å². The summed E-state index contributed by atoms with van der Waals surface area (Å²) in [5, 5.41) is 0. The molecule has 2 aliphatic rings. The molecule has 4 rings (SSSR count). The summed E-state index contributed by atoms with van der Waals surface area (Å²) < 4.78 is 0. The minimum absolute atomic E-state index is 0.248. The van der Waals surface area contributed by atoms with Gasteiger partial charge in [-0.3, -0.25) is 0 Å². The summed E-state index contributed by atoms with van der Waals surface area (Å²) in [4.78, 5) is 0. The molecule has 0 atom stereocenters.